The predicted octanol–water partition coefficient (Wildman–Crippen LogP) is 4.71. The van der Waals surface area contributed by atoms with Crippen LogP contribution in [0.5, 0.6) is 0 Å². The summed E-state index contributed by atoms with van der Waals surface area (Å²) in [5, 5.41) is 0.638. The molecule has 0 aromatic heterocycles. The number of halogens is 1. The highest BCUT2D eigenvalue weighted by molar-refractivity contribution is 6.30. The van der Waals surface area contributed by atoms with Gasteiger partial charge in [-0.15, -0.1) is 0 Å². The third-order valence-corrected chi connectivity index (χ3v) is 3.35. The van der Waals surface area contributed by atoms with Crippen molar-refractivity contribution in [3.05, 3.63) is 64.7 Å². The zero-order chi connectivity index (χ0) is 14.5. The molecule has 2 aromatic carbocycles. The van der Waals surface area contributed by atoms with E-state index in [1.54, 1.807) is 24.3 Å². The molecule has 20 heavy (non-hydrogen) atoms. The topological polar surface area (TPSA) is 20.3 Å². The molecule has 0 unspecified atom stereocenters. The van der Waals surface area contributed by atoms with Crippen LogP contribution in [-0.4, -0.2) is 12.5 Å². The maximum atomic E-state index is 12.6. The van der Waals surface area contributed by atoms with Crippen LogP contribution in [0.25, 0.3) is 0 Å². The van der Waals surface area contributed by atoms with Gasteiger partial charge >= 0.3 is 0 Å². The lowest BCUT2D eigenvalue weighted by atomic mass is 10.1. The Morgan fingerprint density at radius 3 is 2.45 bits per heavy atom. The average Bonchev–Trinajstić information content (AvgIpc) is 2.45. The number of aryl methyl sites for hydroxylation is 1. The smallest absolute Gasteiger partial charge is 0.258 e. The number of anilines is 1. The van der Waals surface area contributed by atoms with Crippen LogP contribution in [0.4, 0.5) is 5.69 Å². The molecule has 0 N–H and O–H groups in total. The van der Waals surface area contributed by atoms with E-state index in [1.807, 2.05) is 36.1 Å². The molecule has 0 saturated heterocycles. The second-order valence-corrected chi connectivity index (χ2v) is 5.24. The molecule has 0 aliphatic rings. The Balaban J connectivity index is 2.33. The largest absolute Gasteiger partial charge is 0.308 e. The summed E-state index contributed by atoms with van der Waals surface area (Å²) in [4.78, 5) is 14.5. The number of nitrogens with zero attached hydrogens (tertiary/aromatic N) is 1. The van der Waals surface area contributed by atoms with Crippen molar-refractivity contribution in [2.75, 3.05) is 11.4 Å². The van der Waals surface area contributed by atoms with Crippen molar-refractivity contribution < 1.29 is 4.79 Å². The third-order valence-electron chi connectivity index (χ3n) is 3.10. The number of hydrogen-bond acceptors (Lipinski definition) is 1. The third kappa shape index (κ3) is 3.40. The second-order valence-electron chi connectivity index (χ2n) is 4.80. The maximum absolute atomic E-state index is 12.6. The Kier molecular flexibility index (Phi) is 4.80. The van der Waals surface area contributed by atoms with Gasteiger partial charge in [-0.1, -0.05) is 30.7 Å². The fraction of sp³-hybridized carbons (Fsp3) is 0.235. The molecule has 0 aliphatic heterocycles. The maximum Gasteiger partial charge on any atom is 0.258 e. The standard InChI is InChI=1S/C17H18ClNO/c1-3-11-19(16-6-4-5-13(2)12-16)17(20)14-7-9-15(18)10-8-14/h4-10,12H,3,11H2,1-2H3. The number of carbonyl (C=O) groups excluding carboxylic acids is 1. The lowest BCUT2D eigenvalue weighted by Gasteiger charge is -2.23. The SMILES string of the molecule is CCCN(C(=O)c1ccc(Cl)cc1)c1cccc(C)c1. The van der Waals surface area contributed by atoms with E-state index in [2.05, 4.69) is 6.92 Å². The van der Waals surface area contributed by atoms with E-state index >= 15 is 0 Å². The first-order valence-electron chi connectivity index (χ1n) is 6.76. The van der Waals surface area contributed by atoms with Crippen LogP contribution in [-0.2, 0) is 0 Å². The van der Waals surface area contributed by atoms with Gasteiger partial charge in [0.2, 0.25) is 0 Å². The minimum Gasteiger partial charge on any atom is -0.308 e. The fourth-order valence-electron chi connectivity index (χ4n) is 2.12. The molecule has 3 heteroatoms. The van der Waals surface area contributed by atoms with Gasteiger partial charge in [0.1, 0.15) is 0 Å². The Morgan fingerprint density at radius 2 is 1.85 bits per heavy atom. The van der Waals surface area contributed by atoms with E-state index in [4.69, 9.17) is 11.6 Å². The predicted molar refractivity (Wildman–Crippen MR) is 84.6 cm³/mol. The van der Waals surface area contributed by atoms with Crippen molar-refractivity contribution in [2.45, 2.75) is 20.3 Å². The van der Waals surface area contributed by atoms with Gasteiger partial charge in [0.25, 0.3) is 5.91 Å². The summed E-state index contributed by atoms with van der Waals surface area (Å²) in [6, 6.07) is 15.0. The molecule has 2 nitrogen and oxygen atoms in total. The molecule has 104 valence electrons. The van der Waals surface area contributed by atoms with Crippen LogP contribution in [0.3, 0.4) is 0 Å². The highest BCUT2D eigenvalue weighted by Crippen LogP contribution is 2.20. The number of rotatable bonds is 4. The summed E-state index contributed by atoms with van der Waals surface area (Å²) in [5.74, 6) is 0.00844. The second kappa shape index (κ2) is 6.58. The van der Waals surface area contributed by atoms with Gasteiger partial charge in [-0.05, 0) is 55.3 Å². The van der Waals surface area contributed by atoms with Crippen LogP contribution in [0.1, 0.15) is 29.3 Å². The summed E-state index contributed by atoms with van der Waals surface area (Å²) in [7, 11) is 0. The molecule has 0 spiro atoms. The first-order valence-corrected chi connectivity index (χ1v) is 7.13. The molecular weight excluding hydrogens is 270 g/mol. The summed E-state index contributed by atoms with van der Waals surface area (Å²) in [5.41, 5.74) is 2.74. The van der Waals surface area contributed by atoms with Gasteiger partial charge in [0, 0.05) is 22.8 Å². The van der Waals surface area contributed by atoms with Gasteiger partial charge in [0.05, 0.1) is 0 Å². The van der Waals surface area contributed by atoms with Crippen molar-refractivity contribution in [1.82, 2.24) is 0 Å². The Labute approximate surface area is 125 Å². The molecule has 0 radical (unpaired) electrons. The summed E-state index contributed by atoms with van der Waals surface area (Å²) < 4.78 is 0. The minimum atomic E-state index is 0.00844. The van der Waals surface area contributed by atoms with Crippen molar-refractivity contribution in [2.24, 2.45) is 0 Å². The highest BCUT2D eigenvalue weighted by atomic mass is 35.5. The number of hydrogen-bond donors (Lipinski definition) is 0. The molecule has 0 fully saturated rings. The average molecular weight is 288 g/mol. The molecule has 1 amide bonds. The molecule has 0 aliphatic carbocycles. The Hall–Kier alpha value is -1.80. The quantitative estimate of drug-likeness (QED) is 0.798. The van der Waals surface area contributed by atoms with E-state index in [1.165, 1.54) is 0 Å². The van der Waals surface area contributed by atoms with Crippen LogP contribution >= 0.6 is 11.6 Å². The lowest BCUT2D eigenvalue weighted by Crippen LogP contribution is -2.31. The van der Waals surface area contributed by atoms with Crippen molar-refractivity contribution in [3.63, 3.8) is 0 Å². The van der Waals surface area contributed by atoms with Gasteiger partial charge in [0.15, 0.2) is 0 Å². The van der Waals surface area contributed by atoms with Gasteiger partial charge in [-0.25, -0.2) is 0 Å². The first kappa shape index (κ1) is 14.6. The highest BCUT2D eigenvalue weighted by Gasteiger charge is 2.16. The van der Waals surface area contributed by atoms with E-state index < -0.39 is 0 Å². The van der Waals surface area contributed by atoms with Crippen LogP contribution in [0.15, 0.2) is 48.5 Å². The molecule has 0 saturated carbocycles. The normalized spacial score (nSPS) is 10.3. The molecule has 2 aromatic rings. The van der Waals surface area contributed by atoms with Crippen LogP contribution in [0, 0.1) is 6.92 Å². The van der Waals surface area contributed by atoms with E-state index in [0.29, 0.717) is 17.1 Å². The zero-order valence-electron chi connectivity index (χ0n) is 11.8. The van der Waals surface area contributed by atoms with E-state index in [-0.39, 0.29) is 5.91 Å². The van der Waals surface area contributed by atoms with Crippen LogP contribution in [0.2, 0.25) is 5.02 Å². The van der Waals surface area contributed by atoms with Crippen molar-refractivity contribution >= 4 is 23.2 Å². The van der Waals surface area contributed by atoms with Gasteiger partial charge in [-0.2, -0.15) is 0 Å². The summed E-state index contributed by atoms with van der Waals surface area (Å²) >= 11 is 5.87. The lowest BCUT2D eigenvalue weighted by molar-refractivity contribution is 0.0987. The Bertz CT molecular complexity index is 592. The van der Waals surface area contributed by atoms with Crippen LogP contribution < -0.4 is 4.90 Å². The number of benzene rings is 2. The number of carbonyl (C=O) groups is 1. The monoisotopic (exact) mass is 287 g/mol. The molecule has 0 bridgehead atoms. The number of amides is 1. The van der Waals surface area contributed by atoms with Crippen molar-refractivity contribution in [1.29, 1.82) is 0 Å². The van der Waals surface area contributed by atoms with E-state index in [9.17, 15) is 4.79 Å². The molecule has 0 heterocycles. The van der Waals surface area contributed by atoms with Gasteiger partial charge in [-0.3, -0.25) is 4.79 Å². The Morgan fingerprint density at radius 1 is 1.15 bits per heavy atom. The zero-order valence-corrected chi connectivity index (χ0v) is 12.5. The molecule has 0 atom stereocenters. The summed E-state index contributed by atoms with van der Waals surface area (Å²) in [6.07, 6.45) is 0.910. The fourth-order valence-corrected chi connectivity index (χ4v) is 2.24. The summed E-state index contributed by atoms with van der Waals surface area (Å²) in [6.45, 7) is 4.79. The molecule has 2 rings (SSSR count). The molecular formula is C17H18ClNO. The van der Waals surface area contributed by atoms with Gasteiger partial charge < -0.3 is 4.90 Å². The first-order chi connectivity index (χ1) is 9.61. The van der Waals surface area contributed by atoms with E-state index in [0.717, 1.165) is 17.7 Å². The van der Waals surface area contributed by atoms with Crippen molar-refractivity contribution in [3.8, 4) is 0 Å². The minimum absolute atomic E-state index is 0.00844.